The van der Waals surface area contributed by atoms with Gasteiger partial charge < -0.3 is 10.4 Å². The molecule has 10 heteroatoms. The molecule has 1 amide bonds. The van der Waals surface area contributed by atoms with Crippen molar-refractivity contribution in [1.82, 2.24) is 9.78 Å². The maximum Gasteiger partial charge on any atom is 0.260 e. The van der Waals surface area contributed by atoms with Gasteiger partial charge in [0.25, 0.3) is 5.91 Å². The van der Waals surface area contributed by atoms with E-state index in [0.717, 1.165) is 29.1 Å². The van der Waals surface area contributed by atoms with Crippen molar-refractivity contribution in [3.05, 3.63) is 35.8 Å². The summed E-state index contributed by atoms with van der Waals surface area (Å²) in [6.45, 7) is 0. The van der Waals surface area contributed by atoms with Crippen LogP contribution in [0.15, 0.2) is 29.3 Å². The number of aromatic nitrogens is 2. The zero-order chi connectivity index (χ0) is 15.8. The lowest BCUT2D eigenvalue weighted by molar-refractivity contribution is 0.102. The van der Waals surface area contributed by atoms with E-state index >= 15 is 0 Å². The predicted molar refractivity (Wildman–Crippen MR) is 70.6 cm³/mol. The van der Waals surface area contributed by atoms with Crippen LogP contribution in [0.2, 0.25) is 0 Å². The predicted octanol–water partition coefficient (Wildman–Crippen LogP) is 0.164. The molecule has 0 aliphatic rings. The van der Waals surface area contributed by atoms with Crippen molar-refractivity contribution in [2.24, 2.45) is 12.2 Å². The minimum atomic E-state index is -4.09. The second kappa shape index (κ2) is 5.14. The fourth-order valence-electron chi connectivity index (χ4n) is 1.63. The van der Waals surface area contributed by atoms with Gasteiger partial charge in [0.05, 0.1) is 5.56 Å². The maximum atomic E-state index is 13.1. The Balaban J connectivity index is 2.39. The Morgan fingerprint density at radius 1 is 1.48 bits per heavy atom. The first-order valence-corrected chi connectivity index (χ1v) is 7.09. The van der Waals surface area contributed by atoms with Gasteiger partial charge in [-0.3, -0.25) is 9.48 Å². The summed E-state index contributed by atoms with van der Waals surface area (Å²) in [6.07, 6.45) is 1.11. The molecule has 4 N–H and O–H groups in total. The van der Waals surface area contributed by atoms with Gasteiger partial charge in [-0.1, -0.05) is 0 Å². The second-order valence-corrected chi connectivity index (χ2v) is 5.71. The molecule has 1 aromatic heterocycles. The van der Waals surface area contributed by atoms with Crippen LogP contribution in [0.1, 0.15) is 10.4 Å². The average molecular weight is 314 g/mol. The average Bonchev–Trinajstić information content (AvgIpc) is 2.73. The van der Waals surface area contributed by atoms with Gasteiger partial charge in [0.1, 0.15) is 16.5 Å². The number of halogens is 1. The van der Waals surface area contributed by atoms with Crippen LogP contribution in [0, 0.1) is 5.82 Å². The zero-order valence-corrected chi connectivity index (χ0v) is 11.6. The molecule has 0 aliphatic carbocycles. The molecule has 0 spiro atoms. The van der Waals surface area contributed by atoms with Crippen molar-refractivity contribution >= 4 is 21.7 Å². The normalized spacial score (nSPS) is 11.4. The topological polar surface area (TPSA) is 127 Å². The molecule has 0 aliphatic heterocycles. The number of sulfonamides is 1. The van der Waals surface area contributed by atoms with Gasteiger partial charge in [0.15, 0.2) is 5.82 Å². The molecule has 0 bridgehead atoms. The minimum Gasteiger partial charge on any atom is -0.507 e. The molecule has 21 heavy (non-hydrogen) atoms. The van der Waals surface area contributed by atoms with Gasteiger partial charge in [-0.25, -0.2) is 17.9 Å². The molecule has 112 valence electrons. The van der Waals surface area contributed by atoms with Crippen LogP contribution in [0.4, 0.5) is 10.2 Å². The highest BCUT2D eigenvalue weighted by Gasteiger charge is 2.21. The summed E-state index contributed by atoms with van der Waals surface area (Å²) in [6, 6.07) is 2.79. The maximum absolute atomic E-state index is 13.1. The SMILES string of the molecule is Cn1cc(S(N)(=O)=O)c(NC(=O)c2cc(F)ccc2O)n1. The fourth-order valence-corrected chi connectivity index (χ4v) is 2.29. The number of aryl methyl sites for hydroxylation is 1. The number of benzene rings is 1. The van der Waals surface area contributed by atoms with Crippen molar-refractivity contribution in [1.29, 1.82) is 0 Å². The molecule has 1 heterocycles. The Morgan fingerprint density at radius 2 is 2.14 bits per heavy atom. The van der Waals surface area contributed by atoms with Crippen molar-refractivity contribution < 1.29 is 22.7 Å². The number of nitrogens with one attached hydrogen (secondary N) is 1. The number of hydrogen-bond donors (Lipinski definition) is 3. The summed E-state index contributed by atoms with van der Waals surface area (Å²) in [5.74, 6) is -2.42. The largest absolute Gasteiger partial charge is 0.507 e. The Labute approximate surface area is 119 Å². The highest BCUT2D eigenvalue weighted by Crippen LogP contribution is 2.22. The van der Waals surface area contributed by atoms with Crippen molar-refractivity contribution in [2.45, 2.75) is 4.90 Å². The zero-order valence-electron chi connectivity index (χ0n) is 10.7. The molecule has 2 rings (SSSR count). The third kappa shape index (κ3) is 3.17. The van der Waals surface area contributed by atoms with E-state index in [1.807, 2.05) is 0 Å². The Bertz CT molecular complexity index is 816. The quantitative estimate of drug-likeness (QED) is 0.744. The van der Waals surface area contributed by atoms with Gasteiger partial charge in [0, 0.05) is 13.2 Å². The van der Waals surface area contributed by atoms with Crippen molar-refractivity contribution in [2.75, 3.05) is 5.32 Å². The Hall–Kier alpha value is -2.46. The molecule has 0 saturated heterocycles. The van der Waals surface area contributed by atoms with Crippen LogP contribution < -0.4 is 10.5 Å². The van der Waals surface area contributed by atoms with Crippen LogP contribution in [0.3, 0.4) is 0 Å². The third-order valence-electron chi connectivity index (χ3n) is 2.54. The first kappa shape index (κ1) is 14.9. The van der Waals surface area contributed by atoms with Crippen LogP contribution in [-0.2, 0) is 17.1 Å². The second-order valence-electron chi connectivity index (χ2n) is 4.18. The molecule has 8 nitrogen and oxygen atoms in total. The van der Waals surface area contributed by atoms with Crippen LogP contribution in [0.25, 0.3) is 0 Å². The number of nitrogens with two attached hydrogens (primary N) is 1. The number of phenols is 1. The number of nitrogens with zero attached hydrogens (tertiary/aromatic N) is 2. The van der Waals surface area contributed by atoms with E-state index in [-0.39, 0.29) is 11.4 Å². The Kier molecular flexibility index (Phi) is 3.66. The number of hydrogen-bond acceptors (Lipinski definition) is 5. The number of anilines is 1. The summed E-state index contributed by atoms with van der Waals surface area (Å²) in [5.41, 5.74) is -0.360. The minimum absolute atomic E-state index is 0.311. The summed E-state index contributed by atoms with van der Waals surface area (Å²) < 4.78 is 37.0. The van der Waals surface area contributed by atoms with E-state index in [1.54, 1.807) is 0 Å². The highest BCUT2D eigenvalue weighted by molar-refractivity contribution is 7.89. The van der Waals surface area contributed by atoms with Crippen LogP contribution in [0.5, 0.6) is 5.75 Å². The fraction of sp³-hybridized carbons (Fsp3) is 0.0909. The highest BCUT2D eigenvalue weighted by atomic mass is 32.2. The van der Waals surface area contributed by atoms with Gasteiger partial charge in [0.2, 0.25) is 10.0 Å². The molecule has 1 aromatic carbocycles. The third-order valence-corrected chi connectivity index (χ3v) is 3.45. The molecule has 2 aromatic rings. The van der Waals surface area contributed by atoms with E-state index in [0.29, 0.717) is 0 Å². The van der Waals surface area contributed by atoms with E-state index in [1.165, 1.54) is 7.05 Å². The molecule has 0 radical (unpaired) electrons. The molecule has 0 fully saturated rings. The molecule has 0 saturated carbocycles. The van der Waals surface area contributed by atoms with Gasteiger partial charge in [-0.05, 0) is 18.2 Å². The van der Waals surface area contributed by atoms with Gasteiger partial charge in [-0.15, -0.1) is 0 Å². The summed E-state index contributed by atoms with van der Waals surface area (Å²) in [5, 5.41) is 20.4. The standard InChI is InChI=1S/C11H11FN4O4S/c1-16-5-9(21(13,19)20)10(15-16)14-11(18)7-4-6(12)2-3-8(7)17/h2-5,17H,1H3,(H2,13,19,20)(H,14,15,18). The number of carbonyl (C=O) groups excluding carboxylic acids is 1. The lowest BCUT2D eigenvalue weighted by Gasteiger charge is -2.06. The molecular weight excluding hydrogens is 303 g/mol. The summed E-state index contributed by atoms with van der Waals surface area (Å²) in [7, 11) is -2.66. The van der Waals surface area contributed by atoms with E-state index in [2.05, 4.69) is 10.4 Å². The first-order valence-electron chi connectivity index (χ1n) is 5.55. The Morgan fingerprint density at radius 3 is 2.76 bits per heavy atom. The number of primary sulfonamides is 1. The van der Waals surface area contributed by atoms with E-state index in [4.69, 9.17) is 5.14 Å². The number of carbonyl (C=O) groups is 1. The van der Waals surface area contributed by atoms with Gasteiger partial charge in [-0.2, -0.15) is 5.10 Å². The van der Waals surface area contributed by atoms with Crippen LogP contribution in [-0.4, -0.2) is 29.2 Å². The monoisotopic (exact) mass is 314 g/mol. The van der Waals surface area contributed by atoms with Gasteiger partial charge >= 0.3 is 0 Å². The van der Waals surface area contributed by atoms with E-state index < -0.39 is 32.4 Å². The first-order chi connectivity index (χ1) is 9.68. The molecule has 0 atom stereocenters. The summed E-state index contributed by atoms with van der Waals surface area (Å²) in [4.78, 5) is 11.6. The number of rotatable bonds is 3. The number of phenolic OH excluding ortho intramolecular Hbond substituents is 1. The molecular formula is C11H11FN4O4S. The smallest absolute Gasteiger partial charge is 0.260 e. The van der Waals surface area contributed by atoms with Crippen molar-refractivity contribution in [3.63, 3.8) is 0 Å². The lowest BCUT2D eigenvalue weighted by Crippen LogP contribution is -2.18. The van der Waals surface area contributed by atoms with Crippen LogP contribution >= 0.6 is 0 Å². The number of amides is 1. The van der Waals surface area contributed by atoms with E-state index in [9.17, 15) is 22.7 Å². The summed E-state index contributed by atoms with van der Waals surface area (Å²) >= 11 is 0. The number of aromatic hydroxyl groups is 1. The molecule has 0 unspecified atom stereocenters. The van der Waals surface area contributed by atoms with Crippen molar-refractivity contribution in [3.8, 4) is 5.75 Å². The lowest BCUT2D eigenvalue weighted by atomic mass is 10.2.